The monoisotopic (exact) mass is 369 g/mol. The van der Waals surface area contributed by atoms with E-state index >= 15 is 0 Å². The van der Waals surface area contributed by atoms with Crippen LogP contribution >= 0.6 is 0 Å². The van der Waals surface area contributed by atoms with Gasteiger partial charge >= 0.3 is 5.97 Å². The SMILES string of the molecule is Cc1cc(O)c(O)cc1C(=O)OC[C@@H](O)CNC(C)(C)COC(C)(C)C. The second kappa shape index (κ2) is 8.70. The highest BCUT2D eigenvalue weighted by Crippen LogP contribution is 2.28. The highest BCUT2D eigenvalue weighted by molar-refractivity contribution is 5.92. The molecule has 0 aliphatic rings. The molecule has 0 heterocycles. The van der Waals surface area contributed by atoms with Gasteiger partial charge in [-0.15, -0.1) is 0 Å². The minimum Gasteiger partial charge on any atom is -0.504 e. The van der Waals surface area contributed by atoms with Crippen molar-refractivity contribution in [2.75, 3.05) is 19.8 Å². The lowest BCUT2D eigenvalue weighted by Gasteiger charge is -2.31. The molecule has 1 aromatic rings. The first kappa shape index (κ1) is 22.2. The summed E-state index contributed by atoms with van der Waals surface area (Å²) in [7, 11) is 0. The summed E-state index contributed by atoms with van der Waals surface area (Å²) in [5.74, 6) is -1.37. The maximum atomic E-state index is 12.1. The van der Waals surface area contributed by atoms with E-state index in [1.54, 1.807) is 6.92 Å². The van der Waals surface area contributed by atoms with E-state index in [0.717, 1.165) is 6.07 Å². The molecule has 0 aliphatic heterocycles. The lowest BCUT2D eigenvalue weighted by atomic mass is 10.1. The molecule has 148 valence electrons. The van der Waals surface area contributed by atoms with Crippen LogP contribution in [-0.4, -0.2) is 58.3 Å². The summed E-state index contributed by atoms with van der Waals surface area (Å²) >= 11 is 0. The molecule has 0 radical (unpaired) electrons. The second-order valence-electron chi connectivity index (χ2n) is 8.07. The summed E-state index contributed by atoms with van der Waals surface area (Å²) in [6.07, 6.45) is -0.890. The Balaban J connectivity index is 2.48. The van der Waals surface area contributed by atoms with Crippen molar-refractivity contribution in [3.8, 4) is 11.5 Å². The average molecular weight is 369 g/mol. The Bertz CT molecular complexity index is 621. The summed E-state index contributed by atoms with van der Waals surface area (Å²) < 4.78 is 10.8. The molecule has 0 saturated carbocycles. The Labute approximate surface area is 154 Å². The largest absolute Gasteiger partial charge is 0.504 e. The van der Waals surface area contributed by atoms with E-state index in [9.17, 15) is 20.1 Å². The third-order valence-electron chi connectivity index (χ3n) is 3.63. The predicted molar refractivity (Wildman–Crippen MR) is 98.6 cm³/mol. The van der Waals surface area contributed by atoms with E-state index in [2.05, 4.69) is 5.32 Å². The van der Waals surface area contributed by atoms with Crippen molar-refractivity contribution in [2.45, 2.75) is 58.8 Å². The maximum absolute atomic E-state index is 12.1. The highest BCUT2D eigenvalue weighted by atomic mass is 16.5. The van der Waals surface area contributed by atoms with E-state index in [1.165, 1.54) is 6.07 Å². The van der Waals surface area contributed by atoms with Crippen LogP contribution in [0, 0.1) is 6.92 Å². The molecule has 0 aromatic heterocycles. The van der Waals surface area contributed by atoms with Gasteiger partial charge in [0.15, 0.2) is 11.5 Å². The third kappa shape index (κ3) is 7.59. The smallest absolute Gasteiger partial charge is 0.338 e. The Morgan fingerprint density at radius 1 is 1.15 bits per heavy atom. The van der Waals surface area contributed by atoms with Gasteiger partial charge in [-0.1, -0.05) is 0 Å². The molecule has 7 heteroatoms. The van der Waals surface area contributed by atoms with Crippen molar-refractivity contribution < 1.29 is 29.6 Å². The fourth-order valence-corrected chi connectivity index (χ4v) is 2.05. The van der Waals surface area contributed by atoms with E-state index < -0.39 is 17.8 Å². The van der Waals surface area contributed by atoms with Gasteiger partial charge in [-0.25, -0.2) is 4.79 Å². The number of phenolic OH excluding ortho intramolecular Hbond substituents is 2. The number of carbonyl (C=O) groups is 1. The van der Waals surface area contributed by atoms with Gasteiger partial charge in [-0.05, 0) is 59.2 Å². The van der Waals surface area contributed by atoms with Crippen LogP contribution in [0.3, 0.4) is 0 Å². The quantitative estimate of drug-likeness (QED) is 0.410. The fourth-order valence-electron chi connectivity index (χ4n) is 2.05. The van der Waals surface area contributed by atoms with Gasteiger partial charge in [0.1, 0.15) is 12.7 Å². The van der Waals surface area contributed by atoms with Crippen LogP contribution in [-0.2, 0) is 9.47 Å². The molecule has 0 aliphatic carbocycles. The first-order chi connectivity index (χ1) is 11.8. The van der Waals surface area contributed by atoms with Gasteiger partial charge in [0.25, 0.3) is 0 Å². The van der Waals surface area contributed by atoms with Crippen molar-refractivity contribution in [1.29, 1.82) is 0 Å². The predicted octanol–water partition coefficient (Wildman–Crippen LogP) is 2.11. The third-order valence-corrected chi connectivity index (χ3v) is 3.63. The summed E-state index contributed by atoms with van der Waals surface area (Å²) in [6, 6.07) is 2.42. The molecule has 1 rings (SSSR count). The highest BCUT2D eigenvalue weighted by Gasteiger charge is 2.23. The summed E-state index contributed by atoms with van der Waals surface area (Å²) in [5, 5.41) is 32.1. The van der Waals surface area contributed by atoms with E-state index in [1.807, 2.05) is 34.6 Å². The second-order valence-corrected chi connectivity index (χ2v) is 8.07. The molecule has 4 N–H and O–H groups in total. The summed E-state index contributed by atoms with van der Waals surface area (Å²) in [5.41, 5.74) is 0.0101. The van der Waals surface area contributed by atoms with Crippen LogP contribution in [0.1, 0.15) is 50.5 Å². The number of rotatable bonds is 8. The van der Waals surface area contributed by atoms with Crippen molar-refractivity contribution in [1.82, 2.24) is 5.32 Å². The normalized spacial score (nSPS) is 13.5. The van der Waals surface area contributed by atoms with Crippen LogP contribution in [0.5, 0.6) is 11.5 Å². The maximum Gasteiger partial charge on any atom is 0.338 e. The standard InChI is InChI=1S/C19H31NO6/c1-12-7-15(22)16(23)8-14(12)17(24)25-10-13(21)9-20-19(5,6)11-26-18(2,3)4/h7-8,13,20-23H,9-11H2,1-6H3/t13-/m0/s1. The number of aliphatic hydroxyl groups excluding tert-OH is 1. The van der Waals surface area contributed by atoms with Crippen molar-refractivity contribution >= 4 is 5.97 Å². The molecule has 0 amide bonds. The van der Waals surface area contributed by atoms with Gasteiger partial charge in [0.05, 0.1) is 17.8 Å². The number of aromatic hydroxyl groups is 2. The first-order valence-corrected chi connectivity index (χ1v) is 8.57. The molecule has 26 heavy (non-hydrogen) atoms. The number of carbonyl (C=O) groups excluding carboxylic acids is 1. The Morgan fingerprint density at radius 3 is 2.31 bits per heavy atom. The van der Waals surface area contributed by atoms with Crippen LogP contribution in [0.2, 0.25) is 0 Å². The van der Waals surface area contributed by atoms with Crippen molar-refractivity contribution in [3.05, 3.63) is 23.3 Å². The lowest BCUT2D eigenvalue weighted by molar-refractivity contribution is -0.0332. The number of aliphatic hydroxyl groups is 1. The lowest BCUT2D eigenvalue weighted by Crippen LogP contribution is -2.49. The number of hydrogen-bond acceptors (Lipinski definition) is 7. The fraction of sp³-hybridized carbons (Fsp3) is 0.632. The average Bonchev–Trinajstić information content (AvgIpc) is 2.52. The van der Waals surface area contributed by atoms with Gasteiger partial charge in [0.2, 0.25) is 0 Å². The number of hydrogen-bond donors (Lipinski definition) is 4. The van der Waals surface area contributed by atoms with E-state index in [4.69, 9.17) is 9.47 Å². The molecule has 0 saturated heterocycles. The number of ether oxygens (including phenoxy) is 2. The van der Waals surface area contributed by atoms with Crippen LogP contribution < -0.4 is 5.32 Å². The van der Waals surface area contributed by atoms with Crippen molar-refractivity contribution in [3.63, 3.8) is 0 Å². The molecule has 0 unspecified atom stereocenters. The minimum atomic E-state index is -0.890. The zero-order valence-electron chi connectivity index (χ0n) is 16.4. The van der Waals surface area contributed by atoms with Crippen LogP contribution in [0.4, 0.5) is 0 Å². The molecule has 0 bridgehead atoms. The minimum absolute atomic E-state index is 0.138. The summed E-state index contributed by atoms with van der Waals surface area (Å²) in [6.45, 7) is 12.0. The molecule has 0 spiro atoms. The summed E-state index contributed by atoms with van der Waals surface area (Å²) in [4.78, 5) is 12.1. The molecular weight excluding hydrogens is 338 g/mol. The topological polar surface area (TPSA) is 108 Å². The number of aryl methyl sites for hydroxylation is 1. The first-order valence-electron chi connectivity index (χ1n) is 8.57. The molecule has 0 fully saturated rings. The molecule has 1 atom stereocenters. The number of β-amino-alcohol motifs (C(OH)–C–C–N with tert-alkyl or cyclic N) is 1. The number of phenols is 2. The number of benzene rings is 1. The molecular formula is C19H31NO6. The Kier molecular flexibility index (Phi) is 7.44. The molecule has 1 aromatic carbocycles. The molecule has 7 nitrogen and oxygen atoms in total. The van der Waals surface area contributed by atoms with Crippen molar-refractivity contribution in [2.24, 2.45) is 0 Å². The number of esters is 1. The zero-order chi connectivity index (χ0) is 20.1. The van der Waals surface area contributed by atoms with Gasteiger partial charge in [0, 0.05) is 12.1 Å². The Morgan fingerprint density at radius 2 is 1.73 bits per heavy atom. The van der Waals surface area contributed by atoms with Crippen LogP contribution in [0.15, 0.2) is 12.1 Å². The van der Waals surface area contributed by atoms with Crippen LogP contribution in [0.25, 0.3) is 0 Å². The number of nitrogens with one attached hydrogen (secondary N) is 1. The van der Waals surface area contributed by atoms with Gasteiger partial charge < -0.3 is 30.1 Å². The zero-order valence-corrected chi connectivity index (χ0v) is 16.4. The van der Waals surface area contributed by atoms with Gasteiger partial charge in [-0.3, -0.25) is 0 Å². The van der Waals surface area contributed by atoms with Gasteiger partial charge in [-0.2, -0.15) is 0 Å². The van der Waals surface area contributed by atoms with E-state index in [-0.39, 0.29) is 35.6 Å². The van der Waals surface area contributed by atoms with E-state index in [0.29, 0.717) is 12.2 Å². The Hall–Kier alpha value is -1.83.